The molecule has 2 heterocycles. The maximum Gasteiger partial charge on any atom is 0.410 e. The molecule has 0 aromatic heterocycles. The van der Waals surface area contributed by atoms with E-state index >= 15 is 0 Å². The second kappa shape index (κ2) is 7.81. The number of carbonyl (C=O) groups is 3. The molecule has 3 amide bonds. The zero-order chi connectivity index (χ0) is 20.5. The number of nitrogens with zero attached hydrogens (tertiary/aromatic N) is 2. The maximum absolute atomic E-state index is 12.2. The number of nitrogens with one attached hydrogen (secondary N) is 1. The summed E-state index contributed by atoms with van der Waals surface area (Å²) in [5.41, 5.74) is 2.61. The van der Waals surface area contributed by atoms with Crippen molar-refractivity contribution in [2.75, 3.05) is 31.1 Å². The number of ether oxygens (including phenoxy) is 1. The number of anilines is 1. The minimum Gasteiger partial charge on any atom is -0.444 e. The summed E-state index contributed by atoms with van der Waals surface area (Å²) in [6.45, 7) is 10.3. The van der Waals surface area contributed by atoms with Crippen molar-refractivity contribution in [3.63, 3.8) is 0 Å². The third kappa shape index (κ3) is 4.64. The molecule has 7 heteroatoms. The molecule has 2 aliphatic heterocycles. The Bertz CT molecular complexity index is 776. The van der Waals surface area contributed by atoms with Gasteiger partial charge in [-0.1, -0.05) is 6.07 Å². The van der Waals surface area contributed by atoms with Gasteiger partial charge in [0.1, 0.15) is 5.60 Å². The van der Waals surface area contributed by atoms with Crippen molar-refractivity contribution in [2.45, 2.75) is 52.1 Å². The molecule has 0 radical (unpaired) electrons. The zero-order valence-electron chi connectivity index (χ0n) is 17.1. The summed E-state index contributed by atoms with van der Waals surface area (Å²) in [4.78, 5) is 39.7. The number of hydrogen-bond donors (Lipinski definition) is 1. The van der Waals surface area contributed by atoms with Crippen LogP contribution >= 0.6 is 0 Å². The van der Waals surface area contributed by atoms with E-state index in [-0.39, 0.29) is 23.8 Å². The fourth-order valence-corrected chi connectivity index (χ4v) is 3.71. The van der Waals surface area contributed by atoms with Gasteiger partial charge in [-0.05, 0) is 57.4 Å². The minimum absolute atomic E-state index is 0.196. The SMILES string of the molecule is Cc1cc(N2CCN(C(=O)OC(C)(C)C)CC2)ccc1C1CCC(=O)NC1=O. The number of imide groups is 1. The Labute approximate surface area is 166 Å². The van der Waals surface area contributed by atoms with Gasteiger partial charge in [0.2, 0.25) is 11.8 Å². The summed E-state index contributed by atoms with van der Waals surface area (Å²) in [6.07, 6.45) is 0.667. The van der Waals surface area contributed by atoms with Crippen LogP contribution in [-0.4, -0.2) is 54.6 Å². The van der Waals surface area contributed by atoms with Gasteiger partial charge in [0.25, 0.3) is 0 Å². The van der Waals surface area contributed by atoms with E-state index in [1.807, 2.05) is 39.8 Å². The molecule has 1 atom stereocenters. The number of piperidine rings is 1. The van der Waals surface area contributed by atoms with Crippen LogP contribution in [0.15, 0.2) is 18.2 Å². The largest absolute Gasteiger partial charge is 0.444 e. The van der Waals surface area contributed by atoms with E-state index in [2.05, 4.69) is 16.3 Å². The number of rotatable bonds is 2. The first-order valence-corrected chi connectivity index (χ1v) is 9.81. The molecule has 0 spiro atoms. The monoisotopic (exact) mass is 387 g/mol. The van der Waals surface area contributed by atoms with Crippen LogP contribution in [0, 0.1) is 6.92 Å². The summed E-state index contributed by atoms with van der Waals surface area (Å²) in [6, 6.07) is 6.10. The Morgan fingerprint density at radius 1 is 1.14 bits per heavy atom. The normalized spacial score (nSPS) is 20.8. The Kier molecular flexibility index (Phi) is 5.63. The van der Waals surface area contributed by atoms with E-state index in [1.165, 1.54) is 0 Å². The van der Waals surface area contributed by atoms with Gasteiger partial charge in [-0.2, -0.15) is 0 Å². The molecule has 7 nitrogen and oxygen atoms in total. The van der Waals surface area contributed by atoms with Gasteiger partial charge < -0.3 is 14.5 Å². The predicted octanol–water partition coefficient (Wildman–Crippen LogP) is 2.57. The fourth-order valence-electron chi connectivity index (χ4n) is 3.71. The molecule has 0 bridgehead atoms. The van der Waals surface area contributed by atoms with Crippen LogP contribution in [0.5, 0.6) is 0 Å². The van der Waals surface area contributed by atoms with Gasteiger partial charge in [0, 0.05) is 38.3 Å². The van der Waals surface area contributed by atoms with E-state index in [0.29, 0.717) is 25.9 Å². The third-order valence-corrected chi connectivity index (χ3v) is 5.16. The van der Waals surface area contributed by atoms with Crippen LogP contribution in [0.1, 0.15) is 50.7 Å². The molecule has 2 aliphatic rings. The Morgan fingerprint density at radius 3 is 2.39 bits per heavy atom. The lowest BCUT2D eigenvalue weighted by Crippen LogP contribution is -2.50. The van der Waals surface area contributed by atoms with Crippen LogP contribution in [0.4, 0.5) is 10.5 Å². The summed E-state index contributed by atoms with van der Waals surface area (Å²) in [5, 5.41) is 2.43. The zero-order valence-corrected chi connectivity index (χ0v) is 17.1. The van der Waals surface area contributed by atoms with Gasteiger partial charge in [0.05, 0.1) is 5.92 Å². The average Bonchev–Trinajstić information content (AvgIpc) is 2.61. The van der Waals surface area contributed by atoms with E-state index in [0.717, 1.165) is 29.9 Å². The number of carbonyl (C=O) groups excluding carboxylic acids is 3. The number of hydrogen-bond acceptors (Lipinski definition) is 5. The summed E-state index contributed by atoms with van der Waals surface area (Å²) in [7, 11) is 0. The average molecular weight is 387 g/mol. The van der Waals surface area contributed by atoms with Crippen molar-refractivity contribution < 1.29 is 19.1 Å². The quantitative estimate of drug-likeness (QED) is 0.789. The first-order valence-electron chi connectivity index (χ1n) is 9.81. The Balaban J connectivity index is 1.63. The first kappa shape index (κ1) is 20.2. The lowest BCUT2D eigenvalue weighted by atomic mass is 9.87. The van der Waals surface area contributed by atoms with E-state index < -0.39 is 5.60 Å². The molecule has 0 saturated carbocycles. The molecule has 152 valence electrons. The van der Waals surface area contributed by atoms with Gasteiger partial charge >= 0.3 is 6.09 Å². The second-order valence-corrected chi connectivity index (χ2v) is 8.50. The lowest BCUT2D eigenvalue weighted by Gasteiger charge is -2.37. The molecule has 2 saturated heterocycles. The topological polar surface area (TPSA) is 79.0 Å². The van der Waals surface area contributed by atoms with E-state index in [4.69, 9.17) is 4.74 Å². The highest BCUT2D eigenvalue weighted by molar-refractivity contribution is 6.01. The molecule has 28 heavy (non-hydrogen) atoms. The summed E-state index contributed by atoms with van der Waals surface area (Å²) in [5.74, 6) is -0.674. The second-order valence-electron chi connectivity index (χ2n) is 8.50. The smallest absolute Gasteiger partial charge is 0.410 e. The summed E-state index contributed by atoms with van der Waals surface area (Å²) < 4.78 is 5.44. The molecule has 0 aliphatic carbocycles. The minimum atomic E-state index is -0.489. The molecular weight excluding hydrogens is 358 g/mol. The Morgan fingerprint density at radius 2 is 1.82 bits per heavy atom. The van der Waals surface area contributed by atoms with Crippen molar-refractivity contribution >= 4 is 23.6 Å². The van der Waals surface area contributed by atoms with E-state index in [1.54, 1.807) is 4.90 Å². The highest BCUT2D eigenvalue weighted by Gasteiger charge is 2.30. The molecule has 3 rings (SSSR count). The highest BCUT2D eigenvalue weighted by atomic mass is 16.6. The molecule has 2 fully saturated rings. The number of amides is 3. The molecule has 1 N–H and O–H groups in total. The van der Waals surface area contributed by atoms with Crippen LogP contribution < -0.4 is 10.2 Å². The number of aryl methyl sites for hydroxylation is 1. The van der Waals surface area contributed by atoms with Crippen LogP contribution in [-0.2, 0) is 14.3 Å². The van der Waals surface area contributed by atoms with Crippen molar-refractivity contribution in [3.05, 3.63) is 29.3 Å². The fraction of sp³-hybridized carbons (Fsp3) is 0.571. The Hall–Kier alpha value is -2.57. The van der Waals surface area contributed by atoms with Gasteiger partial charge in [0.15, 0.2) is 0 Å². The third-order valence-electron chi connectivity index (χ3n) is 5.16. The van der Waals surface area contributed by atoms with Crippen molar-refractivity contribution in [2.24, 2.45) is 0 Å². The highest BCUT2D eigenvalue weighted by Crippen LogP contribution is 2.30. The molecule has 1 unspecified atom stereocenters. The lowest BCUT2D eigenvalue weighted by molar-refractivity contribution is -0.134. The van der Waals surface area contributed by atoms with Gasteiger partial charge in [-0.25, -0.2) is 4.79 Å². The van der Waals surface area contributed by atoms with E-state index in [9.17, 15) is 14.4 Å². The molecule has 1 aromatic carbocycles. The van der Waals surface area contributed by atoms with Crippen LogP contribution in [0.3, 0.4) is 0 Å². The van der Waals surface area contributed by atoms with Crippen molar-refractivity contribution in [1.82, 2.24) is 10.2 Å². The van der Waals surface area contributed by atoms with Gasteiger partial charge in [-0.15, -0.1) is 0 Å². The number of piperazine rings is 1. The standard InChI is InChI=1S/C21H29N3O4/c1-14-13-15(5-6-16(14)17-7-8-18(25)22-19(17)26)23-9-11-24(12-10-23)20(27)28-21(2,3)4/h5-6,13,17H,7-12H2,1-4H3,(H,22,25,26). The van der Waals surface area contributed by atoms with Crippen LogP contribution in [0.25, 0.3) is 0 Å². The number of benzene rings is 1. The molecular formula is C21H29N3O4. The predicted molar refractivity (Wildman–Crippen MR) is 106 cm³/mol. The van der Waals surface area contributed by atoms with Crippen molar-refractivity contribution in [1.29, 1.82) is 0 Å². The summed E-state index contributed by atoms with van der Waals surface area (Å²) >= 11 is 0. The molecule has 1 aromatic rings. The first-order chi connectivity index (χ1) is 13.1. The van der Waals surface area contributed by atoms with Crippen molar-refractivity contribution in [3.8, 4) is 0 Å². The van der Waals surface area contributed by atoms with Crippen LogP contribution in [0.2, 0.25) is 0 Å². The van der Waals surface area contributed by atoms with Gasteiger partial charge in [-0.3, -0.25) is 14.9 Å². The maximum atomic E-state index is 12.2.